The molecule has 0 aliphatic heterocycles. The molecule has 0 rings (SSSR count). The number of rotatable bonds is 9. The predicted octanol–water partition coefficient (Wildman–Crippen LogP) is 3.24. The maximum Gasteiger partial charge on any atom is 0.00419 e. The lowest BCUT2D eigenvalue weighted by molar-refractivity contribution is 0.183. The number of nitrogens with one attached hydrogen (secondary N) is 1. The molecule has 0 aliphatic carbocycles. The van der Waals surface area contributed by atoms with E-state index in [0.29, 0.717) is 5.41 Å². The molecule has 0 aromatic heterocycles. The van der Waals surface area contributed by atoms with Crippen molar-refractivity contribution in [3.05, 3.63) is 0 Å². The minimum absolute atomic E-state index is 0.358. The molecule has 17 heavy (non-hydrogen) atoms. The van der Waals surface area contributed by atoms with Gasteiger partial charge in [-0.25, -0.2) is 0 Å². The van der Waals surface area contributed by atoms with Gasteiger partial charge in [-0.1, -0.05) is 48.0 Å². The van der Waals surface area contributed by atoms with Crippen LogP contribution in [0.1, 0.15) is 48.0 Å². The first-order valence-corrected chi connectivity index (χ1v) is 7.16. The molecule has 0 fully saturated rings. The molecule has 0 aliphatic rings. The molecule has 2 nitrogen and oxygen atoms in total. The highest BCUT2D eigenvalue weighted by Gasteiger charge is 2.20. The van der Waals surface area contributed by atoms with Gasteiger partial charge in [0.1, 0.15) is 0 Å². The monoisotopic (exact) mass is 242 g/mol. The molecule has 0 aromatic carbocycles. The summed E-state index contributed by atoms with van der Waals surface area (Å²) >= 11 is 0. The topological polar surface area (TPSA) is 15.3 Å². The highest BCUT2D eigenvalue weighted by molar-refractivity contribution is 4.76. The lowest BCUT2D eigenvalue weighted by Crippen LogP contribution is -2.41. The van der Waals surface area contributed by atoms with Gasteiger partial charge in [0.15, 0.2) is 0 Å². The number of hydrogen-bond acceptors (Lipinski definition) is 2. The maximum atomic E-state index is 3.57. The Morgan fingerprint density at radius 3 is 2.24 bits per heavy atom. The standard InChI is InChI=1S/C15H34N2/c1-8-14(4)10-17(7)12-15(5,6)11-16-9-13(2)3/h13-14,16H,8-12H2,1-7H3. The molecule has 104 valence electrons. The Bertz CT molecular complexity index is 187. The molecule has 0 saturated heterocycles. The van der Waals surface area contributed by atoms with Crippen molar-refractivity contribution >= 4 is 0 Å². The van der Waals surface area contributed by atoms with Crippen molar-refractivity contribution in [3.8, 4) is 0 Å². The zero-order valence-corrected chi connectivity index (χ0v) is 13.1. The van der Waals surface area contributed by atoms with E-state index in [1.807, 2.05) is 0 Å². The van der Waals surface area contributed by atoms with Gasteiger partial charge in [0.2, 0.25) is 0 Å². The summed E-state index contributed by atoms with van der Waals surface area (Å²) in [7, 11) is 2.25. The average Bonchev–Trinajstić information content (AvgIpc) is 2.15. The molecule has 1 unspecified atom stereocenters. The van der Waals surface area contributed by atoms with Crippen LogP contribution in [-0.2, 0) is 0 Å². The zero-order chi connectivity index (χ0) is 13.5. The van der Waals surface area contributed by atoms with Crippen LogP contribution in [0.2, 0.25) is 0 Å². The fourth-order valence-corrected chi connectivity index (χ4v) is 2.21. The van der Waals surface area contributed by atoms with E-state index >= 15 is 0 Å². The lowest BCUT2D eigenvalue weighted by Gasteiger charge is -2.32. The Morgan fingerprint density at radius 2 is 1.76 bits per heavy atom. The number of nitrogens with zero attached hydrogens (tertiary/aromatic N) is 1. The summed E-state index contributed by atoms with van der Waals surface area (Å²) in [6.45, 7) is 18.4. The van der Waals surface area contributed by atoms with Crippen LogP contribution in [0.4, 0.5) is 0 Å². The van der Waals surface area contributed by atoms with E-state index in [0.717, 1.165) is 24.9 Å². The Balaban J connectivity index is 3.89. The van der Waals surface area contributed by atoms with Crippen LogP contribution in [0.15, 0.2) is 0 Å². The van der Waals surface area contributed by atoms with Gasteiger partial charge in [0, 0.05) is 19.6 Å². The summed E-state index contributed by atoms with van der Waals surface area (Å²) in [5, 5.41) is 3.57. The molecule has 0 aromatic rings. The molecule has 1 atom stereocenters. The fraction of sp³-hybridized carbons (Fsp3) is 1.00. The predicted molar refractivity (Wildman–Crippen MR) is 78.4 cm³/mol. The molecule has 1 N–H and O–H groups in total. The normalized spacial score (nSPS) is 14.6. The highest BCUT2D eigenvalue weighted by Crippen LogP contribution is 2.16. The van der Waals surface area contributed by atoms with E-state index in [4.69, 9.17) is 0 Å². The van der Waals surface area contributed by atoms with Gasteiger partial charge in [-0.15, -0.1) is 0 Å². The van der Waals surface area contributed by atoms with Crippen molar-refractivity contribution < 1.29 is 0 Å². The van der Waals surface area contributed by atoms with Crippen LogP contribution in [0.5, 0.6) is 0 Å². The Kier molecular flexibility index (Phi) is 8.06. The molecular formula is C15H34N2. The summed E-state index contributed by atoms with van der Waals surface area (Å²) in [6.07, 6.45) is 1.27. The quantitative estimate of drug-likeness (QED) is 0.668. The van der Waals surface area contributed by atoms with Gasteiger partial charge in [0.25, 0.3) is 0 Å². The minimum atomic E-state index is 0.358. The second-order valence-electron chi connectivity index (χ2n) is 6.90. The van der Waals surface area contributed by atoms with Crippen LogP contribution in [0, 0.1) is 17.3 Å². The van der Waals surface area contributed by atoms with Gasteiger partial charge in [-0.3, -0.25) is 0 Å². The van der Waals surface area contributed by atoms with Crippen molar-refractivity contribution in [2.24, 2.45) is 17.3 Å². The average molecular weight is 242 g/mol. The van der Waals surface area contributed by atoms with Crippen molar-refractivity contribution in [3.63, 3.8) is 0 Å². The first kappa shape index (κ1) is 16.9. The molecule has 0 radical (unpaired) electrons. The second kappa shape index (κ2) is 8.10. The van der Waals surface area contributed by atoms with Crippen molar-refractivity contribution in [2.75, 3.05) is 33.2 Å². The van der Waals surface area contributed by atoms with Crippen molar-refractivity contribution in [1.82, 2.24) is 10.2 Å². The van der Waals surface area contributed by atoms with E-state index in [1.54, 1.807) is 0 Å². The first-order valence-electron chi connectivity index (χ1n) is 7.16. The third-order valence-corrected chi connectivity index (χ3v) is 3.17. The van der Waals surface area contributed by atoms with Gasteiger partial charge >= 0.3 is 0 Å². The third kappa shape index (κ3) is 9.61. The zero-order valence-electron chi connectivity index (χ0n) is 13.1. The Morgan fingerprint density at radius 1 is 1.18 bits per heavy atom. The summed E-state index contributed by atoms with van der Waals surface area (Å²) in [4.78, 5) is 2.48. The number of hydrogen-bond donors (Lipinski definition) is 1. The van der Waals surface area contributed by atoms with Crippen molar-refractivity contribution in [1.29, 1.82) is 0 Å². The maximum absolute atomic E-state index is 3.57. The second-order valence-corrected chi connectivity index (χ2v) is 6.90. The highest BCUT2D eigenvalue weighted by atomic mass is 15.1. The van der Waals surface area contributed by atoms with Crippen LogP contribution >= 0.6 is 0 Å². The first-order chi connectivity index (χ1) is 7.76. The van der Waals surface area contributed by atoms with Crippen LogP contribution in [-0.4, -0.2) is 38.1 Å². The van der Waals surface area contributed by atoms with E-state index in [2.05, 4.69) is 58.8 Å². The fourth-order valence-electron chi connectivity index (χ4n) is 2.21. The SMILES string of the molecule is CCC(C)CN(C)CC(C)(C)CNCC(C)C. The van der Waals surface area contributed by atoms with E-state index < -0.39 is 0 Å². The van der Waals surface area contributed by atoms with Gasteiger partial charge in [-0.2, -0.15) is 0 Å². The molecular weight excluding hydrogens is 208 g/mol. The molecule has 0 spiro atoms. The smallest absolute Gasteiger partial charge is 0.00419 e. The Labute approximate surface area is 109 Å². The summed E-state index contributed by atoms with van der Waals surface area (Å²) in [6, 6.07) is 0. The van der Waals surface area contributed by atoms with E-state index in [-0.39, 0.29) is 0 Å². The van der Waals surface area contributed by atoms with Gasteiger partial charge in [-0.05, 0) is 30.8 Å². The summed E-state index contributed by atoms with van der Waals surface area (Å²) in [5.74, 6) is 1.54. The molecule has 0 heterocycles. The molecule has 0 bridgehead atoms. The molecule has 0 saturated carbocycles. The van der Waals surface area contributed by atoms with Crippen molar-refractivity contribution in [2.45, 2.75) is 48.0 Å². The van der Waals surface area contributed by atoms with Gasteiger partial charge in [0.05, 0.1) is 0 Å². The van der Waals surface area contributed by atoms with Crippen LogP contribution in [0.25, 0.3) is 0 Å². The van der Waals surface area contributed by atoms with E-state index in [1.165, 1.54) is 19.5 Å². The van der Waals surface area contributed by atoms with E-state index in [9.17, 15) is 0 Å². The van der Waals surface area contributed by atoms with Gasteiger partial charge < -0.3 is 10.2 Å². The van der Waals surface area contributed by atoms with Crippen LogP contribution < -0.4 is 5.32 Å². The lowest BCUT2D eigenvalue weighted by atomic mass is 9.92. The molecule has 2 heteroatoms. The van der Waals surface area contributed by atoms with Crippen LogP contribution in [0.3, 0.4) is 0 Å². The molecule has 0 amide bonds. The largest absolute Gasteiger partial charge is 0.316 e. The Hall–Kier alpha value is -0.0800. The summed E-state index contributed by atoms with van der Waals surface area (Å²) < 4.78 is 0. The third-order valence-electron chi connectivity index (χ3n) is 3.17. The minimum Gasteiger partial charge on any atom is -0.316 e. The summed E-state index contributed by atoms with van der Waals surface area (Å²) in [5.41, 5.74) is 0.358.